The summed E-state index contributed by atoms with van der Waals surface area (Å²) >= 11 is 0. The van der Waals surface area contributed by atoms with Gasteiger partial charge in [0.1, 0.15) is 0 Å². The summed E-state index contributed by atoms with van der Waals surface area (Å²) in [7, 11) is 0. The van der Waals surface area contributed by atoms with Gasteiger partial charge in [-0.1, -0.05) is 20.8 Å². The first-order valence-electron chi connectivity index (χ1n) is 7.35. The monoisotopic (exact) mass is 258 g/mol. The predicted octanol–water partition coefficient (Wildman–Crippen LogP) is 1.10. The van der Waals surface area contributed by atoms with Gasteiger partial charge in [-0.15, -0.1) is 0 Å². The number of morpholine rings is 1. The van der Waals surface area contributed by atoms with Crippen LogP contribution in [-0.4, -0.2) is 62.0 Å². The second kappa shape index (κ2) is 8.10. The SMILES string of the molecule is CCN1CCOC(CNCC(CC)(CC)CO)C1. The summed E-state index contributed by atoms with van der Waals surface area (Å²) in [5, 5.41) is 13.0. The molecule has 0 spiro atoms. The molecule has 0 amide bonds. The van der Waals surface area contributed by atoms with Crippen LogP contribution in [0, 0.1) is 5.41 Å². The minimum Gasteiger partial charge on any atom is -0.396 e. The fourth-order valence-electron chi connectivity index (χ4n) is 2.47. The highest BCUT2D eigenvalue weighted by atomic mass is 16.5. The normalized spacial score (nSPS) is 22.3. The number of aliphatic hydroxyl groups excluding tert-OH is 1. The average Bonchev–Trinajstić information content (AvgIpc) is 2.44. The third-order valence-corrected chi connectivity index (χ3v) is 4.38. The number of hydrogen-bond acceptors (Lipinski definition) is 4. The van der Waals surface area contributed by atoms with Gasteiger partial charge in [0.25, 0.3) is 0 Å². The lowest BCUT2D eigenvalue weighted by Crippen LogP contribution is -2.48. The number of likely N-dealkylation sites (N-methyl/N-ethyl adjacent to an activating group) is 1. The molecule has 0 bridgehead atoms. The Morgan fingerprint density at radius 1 is 1.33 bits per heavy atom. The summed E-state index contributed by atoms with van der Waals surface area (Å²) < 4.78 is 5.76. The number of ether oxygens (including phenoxy) is 1. The van der Waals surface area contributed by atoms with Gasteiger partial charge >= 0.3 is 0 Å². The molecular weight excluding hydrogens is 228 g/mol. The highest BCUT2D eigenvalue weighted by Gasteiger charge is 2.26. The van der Waals surface area contributed by atoms with Gasteiger partial charge in [-0.25, -0.2) is 0 Å². The summed E-state index contributed by atoms with van der Waals surface area (Å²) in [6.45, 7) is 12.5. The molecule has 1 aliphatic rings. The van der Waals surface area contributed by atoms with E-state index in [1.165, 1.54) is 0 Å². The Kier molecular flexibility index (Phi) is 7.15. The van der Waals surface area contributed by atoms with Crippen LogP contribution in [0.1, 0.15) is 33.6 Å². The Balaban J connectivity index is 2.28. The topological polar surface area (TPSA) is 44.7 Å². The molecule has 0 radical (unpaired) electrons. The maximum absolute atomic E-state index is 9.51. The van der Waals surface area contributed by atoms with Crippen LogP contribution in [0.4, 0.5) is 0 Å². The second-order valence-electron chi connectivity index (χ2n) is 5.38. The van der Waals surface area contributed by atoms with E-state index in [0.717, 1.165) is 52.2 Å². The third-order valence-electron chi connectivity index (χ3n) is 4.38. The zero-order valence-corrected chi connectivity index (χ0v) is 12.2. The molecule has 0 aromatic rings. The van der Waals surface area contributed by atoms with Crippen LogP contribution in [0.5, 0.6) is 0 Å². The van der Waals surface area contributed by atoms with E-state index in [9.17, 15) is 5.11 Å². The molecule has 0 aromatic heterocycles. The number of nitrogens with zero attached hydrogens (tertiary/aromatic N) is 1. The van der Waals surface area contributed by atoms with Crippen molar-refractivity contribution < 1.29 is 9.84 Å². The fourth-order valence-corrected chi connectivity index (χ4v) is 2.47. The summed E-state index contributed by atoms with van der Waals surface area (Å²) in [5.41, 5.74) is 0.0408. The Bertz CT molecular complexity index is 212. The first kappa shape index (κ1) is 15.9. The number of nitrogens with one attached hydrogen (secondary N) is 1. The van der Waals surface area contributed by atoms with Crippen LogP contribution in [0.15, 0.2) is 0 Å². The Morgan fingerprint density at radius 2 is 2.06 bits per heavy atom. The maximum atomic E-state index is 9.51. The molecule has 18 heavy (non-hydrogen) atoms. The van der Waals surface area contributed by atoms with Gasteiger partial charge in [-0.2, -0.15) is 0 Å². The van der Waals surface area contributed by atoms with E-state index in [-0.39, 0.29) is 12.0 Å². The third kappa shape index (κ3) is 4.50. The van der Waals surface area contributed by atoms with Crippen molar-refractivity contribution in [3.05, 3.63) is 0 Å². The predicted molar refractivity (Wildman–Crippen MR) is 74.8 cm³/mol. The van der Waals surface area contributed by atoms with E-state index in [4.69, 9.17) is 4.74 Å². The Hall–Kier alpha value is -0.160. The zero-order chi connectivity index (χ0) is 13.4. The van der Waals surface area contributed by atoms with Crippen LogP contribution < -0.4 is 5.32 Å². The van der Waals surface area contributed by atoms with Crippen molar-refractivity contribution in [3.8, 4) is 0 Å². The molecule has 1 heterocycles. The van der Waals surface area contributed by atoms with Crippen LogP contribution in [0.3, 0.4) is 0 Å². The lowest BCUT2D eigenvalue weighted by molar-refractivity contribution is -0.0270. The Labute approximate surface area is 112 Å². The van der Waals surface area contributed by atoms with Gasteiger partial charge < -0.3 is 15.2 Å². The molecule has 2 N–H and O–H groups in total. The van der Waals surface area contributed by atoms with Crippen LogP contribution in [-0.2, 0) is 4.74 Å². The summed E-state index contributed by atoms with van der Waals surface area (Å²) in [5.74, 6) is 0. The van der Waals surface area contributed by atoms with E-state index in [1.807, 2.05) is 0 Å². The number of hydrogen-bond donors (Lipinski definition) is 2. The van der Waals surface area contributed by atoms with E-state index in [0.29, 0.717) is 6.10 Å². The van der Waals surface area contributed by atoms with E-state index >= 15 is 0 Å². The van der Waals surface area contributed by atoms with Gasteiger partial charge in [0.15, 0.2) is 0 Å². The van der Waals surface area contributed by atoms with Crippen LogP contribution in [0.2, 0.25) is 0 Å². The van der Waals surface area contributed by atoms with Crippen molar-refractivity contribution in [2.75, 3.05) is 45.9 Å². The van der Waals surface area contributed by atoms with Gasteiger partial charge in [-0.05, 0) is 19.4 Å². The molecule has 1 fully saturated rings. The second-order valence-corrected chi connectivity index (χ2v) is 5.38. The van der Waals surface area contributed by atoms with E-state index in [1.54, 1.807) is 0 Å². The van der Waals surface area contributed by atoms with Crippen molar-refractivity contribution in [2.24, 2.45) is 5.41 Å². The van der Waals surface area contributed by atoms with Crippen molar-refractivity contribution >= 4 is 0 Å². The molecule has 108 valence electrons. The van der Waals surface area contributed by atoms with Gasteiger partial charge in [-0.3, -0.25) is 4.90 Å². The fraction of sp³-hybridized carbons (Fsp3) is 1.00. The molecule has 0 aliphatic carbocycles. The molecule has 1 atom stereocenters. The van der Waals surface area contributed by atoms with Gasteiger partial charge in [0.2, 0.25) is 0 Å². The first-order chi connectivity index (χ1) is 8.69. The van der Waals surface area contributed by atoms with E-state index in [2.05, 4.69) is 31.0 Å². The molecule has 1 rings (SSSR count). The smallest absolute Gasteiger partial charge is 0.0826 e. The van der Waals surface area contributed by atoms with Gasteiger partial charge in [0, 0.05) is 38.2 Å². The van der Waals surface area contributed by atoms with Gasteiger partial charge in [0.05, 0.1) is 12.7 Å². The summed E-state index contributed by atoms with van der Waals surface area (Å²) in [6.07, 6.45) is 2.32. The molecule has 1 aliphatic heterocycles. The molecule has 0 aromatic carbocycles. The number of rotatable bonds is 8. The van der Waals surface area contributed by atoms with Crippen molar-refractivity contribution in [3.63, 3.8) is 0 Å². The van der Waals surface area contributed by atoms with Crippen molar-refractivity contribution in [1.82, 2.24) is 10.2 Å². The average molecular weight is 258 g/mol. The lowest BCUT2D eigenvalue weighted by atomic mass is 9.83. The molecular formula is C14H30N2O2. The minimum atomic E-state index is 0.0408. The van der Waals surface area contributed by atoms with Crippen molar-refractivity contribution in [2.45, 2.75) is 39.7 Å². The zero-order valence-electron chi connectivity index (χ0n) is 12.2. The highest BCUT2D eigenvalue weighted by Crippen LogP contribution is 2.24. The van der Waals surface area contributed by atoms with Crippen LogP contribution in [0.25, 0.3) is 0 Å². The summed E-state index contributed by atoms with van der Waals surface area (Å²) in [4.78, 5) is 2.43. The minimum absolute atomic E-state index is 0.0408. The van der Waals surface area contributed by atoms with E-state index < -0.39 is 0 Å². The molecule has 4 heteroatoms. The highest BCUT2D eigenvalue weighted by molar-refractivity contribution is 4.80. The quantitative estimate of drug-likeness (QED) is 0.684. The summed E-state index contributed by atoms with van der Waals surface area (Å²) in [6, 6.07) is 0. The van der Waals surface area contributed by atoms with Crippen molar-refractivity contribution in [1.29, 1.82) is 0 Å². The maximum Gasteiger partial charge on any atom is 0.0826 e. The lowest BCUT2D eigenvalue weighted by Gasteiger charge is -2.34. The largest absolute Gasteiger partial charge is 0.396 e. The standard InChI is InChI=1S/C14H30N2O2/c1-4-14(5-2,12-17)11-15-9-13-10-16(6-3)7-8-18-13/h13,15,17H,4-12H2,1-3H3. The molecule has 1 unspecified atom stereocenters. The first-order valence-corrected chi connectivity index (χ1v) is 7.35. The Morgan fingerprint density at radius 3 is 2.61 bits per heavy atom. The number of aliphatic hydroxyl groups is 1. The van der Waals surface area contributed by atoms with Crippen LogP contribution >= 0.6 is 0 Å². The molecule has 4 nitrogen and oxygen atoms in total. The molecule has 0 saturated carbocycles. The molecule has 1 saturated heterocycles.